The van der Waals surface area contributed by atoms with Crippen LogP contribution in [0, 0.1) is 0 Å². The molecule has 2 rings (SSSR count). The highest BCUT2D eigenvalue weighted by atomic mass is 32.2. The van der Waals surface area contributed by atoms with E-state index in [1.807, 2.05) is 44.2 Å². The van der Waals surface area contributed by atoms with Gasteiger partial charge in [0, 0.05) is 10.6 Å². The Morgan fingerprint density at radius 2 is 1.90 bits per heavy atom. The van der Waals surface area contributed by atoms with E-state index in [4.69, 9.17) is 9.47 Å². The molecule has 5 heteroatoms. The summed E-state index contributed by atoms with van der Waals surface area (Å²) in [5, 5.41) is 20.4. The number of thioether (sulfide) groups is 1. The third-order valence-corrected chi connectivity index (χ3v) is 5.01. The van der Waals surface area contributed by atoms with Crippen LogP contribution in [0.15, 0.2) is 35.2 Å². The van der Waals surface area contributed by atoms with E-state index in [0.717, 1.165) is 17.7 Å². The lowest BCUT2D eigenvalue weighted by Crippen LogP contribution is -2.41. The first-order chi connectivity index (χ1) is 10.1. The van der Waals surface area contributed by atoms with E-state index in [9.17, 15) is 10.2 Å². The van der Waals surface area contributed by atoms with Crippen molar-refractivity contribution in [2.45, 2.75) is 55.7 Å². The van der Waals surface area contributed by atoms with Gasteiger partial charge in [0.2, 0.25) is 0 Å². The molecule has 0 spiro atoms. The van der Waals surface area contributed by atoms with Gasteiger partial charge in [0.1, 0.15) is 12.2 Å². The van der Waals surface area contributed by atoms with Crippen molar-refractivity contribution in [3.05, 3.63) is 30.3 Å². The highest BCUT2D eigenvalue weighted by Gasteiger charge is 2.43. The van der Waals surface area contributed by atoms with Crippen LogP contribution >= 0.6 is 11.8 Å². The van der Waals surface area contributed by atoms with Crippen molar-refractivity contribution in [2.24, 2.45) is 0 Å². The van der Waals surface area contributed by atoms with E-state index in [-0.39, 0.29) is 0 Å². The molecule has 0 aliphatic carbocycles. The van der Waals surface area contributed by atoms with Gasteiger partial charge in [-0.3, -0.25) is 0 Å². The maximum atomic E-state index is 10.3. The highest BCUT2D eigenvalue weighted by molar-refractivity contribution is 7.99. The molecule has 1 fully saturated rings. The molecule has 2 N–H and O–H groups in total. The maximum Gasteiger partial charge on any atom is 0.168 e. The van der Waals surface area contributed by atoms with Gasteiger partial charge in [-0.05, 0) is 25.0 Å². The van der Waals surface area contributed by atoms with Gasteiger partial charge >= 0.3 is 0 Å². The second-order valence-corrected chi connectivity index (χ2v) is 6.36. The van der Waals surface area contributed by atoms with Crippen molar-refractivity contribution >= 4 is 11.8 Å². The number of ether oxygens (including phenoxy) is 2. The molecule has 1 aliphatic rings. The van der Waals surface area contributed by atoms with Crippen LogP contribution < -0.4 is 0 Å². The highest BCUT2D eigenvalue weighted by Crippen LogP contribution is 2.32. The van der Waals surface area contributed by atoms with Crippen LogP contribution in [0.5, 0.6) is 0 Å². The molecular formula is C16H24O4S. The number of aliphatic hydroxyl groups excluding tert-OH is 2. The Morgan fingerprint density at radius 1 is 1.24 bits per heavy atom. The lowest BCUT2D eigenvalue weighted by molar-refractivity contribution is -0.186. The number of benzene rings is 1. The van der Waals surface area contributed by atoms with Crippen LogP contribution in [0.3, 0.4) is 0 Å². The predicted molar refractivity (Wildman–Crippen MR) is 83.3 cm³/mol. The first-order valence-electron chi connectivity index (χ1n) is 7.46. The zero-order chi connectivity index (χ0) is 15.3. The van der Waals surface area contributed by atoms with Crippen LogP contribution in [0.4, 0.5) is 0 Å². The second-order valence-electron chi connectivity index (χ2n) is 5.27. The Bertz CT molecular complexity index is 422. The lowest BCUT2D eigenvalue weighted by atomic mass is 10.1. The molecule has 1 saturated heterocycles. The lowest BCUT2D eigenvalue weighted by Gasteiger charge is -2.27. The SMILES string of the molecule is CCC1(CC)OC[C@H]([C@H](O)[C@H](O)CSc2ccccc2)O1. The number of hydrogen-bond donors (Lipinski definition) is 2. The average Bonchev–Trinajstić information content (AvgIpc) is 2.98. The quantitative estimate of drug-likeness (QED) is 0.757. The topological polar surface area (TPSA) is 58.9 Å². The van der Waals surface area contributed by atoms with Gasteiger partial charge in [0.05, 0.1) is 12.7 Å². The van der Waals surface area contributed by atoms with Crippen LogP contribution in [0.1, 0.15) is 26.7 Å². The summed E-state index contributed by atoms with van der Waals surface area (Å²) >= 11 is 1.52. The van der Waals surface area contributed by atoms with Crippen LogP contribution in [-0.2, 0) is 9.47 Å². The van der Waals surface area contributed by atoms with Crippen molar-refractivity contribution in [1.29, 1.82) is 0 Å². The Morgan fingerprint density at radius 3 is 2.48 bits per heavy atom. The normalized spacial score (nSPS) is 23.9. The Balaban J connectivity index is 1.84. The van der Waals surface area contributed by atoms with Gasteiger partial charge in [-0.1, -0.05) is 32.0 Å². The zero-order valence-electron chi connectivity index (χ0n) is 12.6. The summed E-state index contributed by atoms with van der Waals surface area (Å²) in [7, 11) is 0. The van der Waals surface area contributed by atoms with E-state index in [1.54, 1.807) is 0 Å². The van der Waals surface area contributed by atoms with Gasteiger partial charge in [-0.15, -0.1) is 11.8 Å². The minimum absolute atomic E-state index is 0.329. The molecule has 0 unspecified atom stereocenters. The second kappa shape index (κ2) is 7.61. The average molecular weight is 312 g/mol. The van der Waals surface area contributed by atoms with Crippen LogP contribution in [0.25, 0.3) is 0 Å². The molecule has 0 saturated carbocycles. The molecule has 1 aromatic rings. The molecule has 0 amide bonds. The molecule has 1 heterocycles. The molecule has 21 heavy (non-hydrogen) atoms. The van der Waals surface area contributed by atoms with E-state index < -0.39 is 24.1 Å². The fourth-order valence-electron chi connectivity index (χ4n) is 2.41. The molecular weight excluding hydrogens is 288 g/mol. The minimum atomic E-state index is -0.929. The van der Waals surface area contributed by atoms with E-state index >= 15 is 0 Å². The van der Waals surface area contributed by atoms with E-state index in [0.29, 0.717) is 12.4 Å². The maximum absolute atomic E-state index is 10.3. The standard InChI is InChI=1S/C16H24O4S/c1-3-16(4-2)19-10-14(20-16)15(18)13(17)11-21-12-8-6-5-7-9-12/h5-9,13-15,17-18H,3-4,10-11H2,1-2H3/t13-,14-,15-/m1/s1. The van der Waals surface area contributed by atoms with Crippen molar-refractivity contribution < 1.29 is 19.7 Å². The van der Waals surface area contributed by atoms with Crippen molar-refractivity contribution in [3.8, 4) is 0 Å². The first-order valence-corrected chi connectivity index (χ1v) is 8.44. The first kappa shape index (κ1) is 16.8. The summed E-state index contributed by atoms with van der Waals surface area (Å²) in [6.45, 7) is 4.33. The van der Waals surface area contributed by atoms with Gasteiger partial charge < -0.3 is 19.7 Å². The van der Waals surface area contributed by atoms with Gasteiger partial charge in [-0.2, -0.15) is 0 Å². The van der Waals surface area contributed by atoms with E-state index in [2.05, 4.69) is 0 Å². The molecule has 4 nitrogen and oxygen atoms in total. The Labute approximate surface area is 130 Å². The largest absolute Gasteiger partial charge is 0.389 e. The molecule has 1 aromatic carbocycles. The van der Waals surface area contributed by atoms with Gasteiger partial charge in [-0.25, -0.2) is 0 Å². The molecule has 0 aromatic heterocycles. The third-order valence-electron chi connectivity index (χ3n) is 3.89. The third kappa shape index (κ3) is 4.20. The van der Waals surface area contributed by atoms with Crippen LogP contribution in [0.2, 0.25) is 0 Å². The number of aliphatic hydroxyl groups is 2. The predicted octanol–water partition coefficient (Wildman–Crippen LogP) is 2.43. The summed E-state index contributed by atoms with van der Waals surface area (Å²) < 4.78 is 11.5. The minimum Gasteiger partial charge on any atom is -0.389 e. The summed E-state index contributed by atoms with van der Waals surface area (Å²) in [6.07, 6.45) is -0.755. The van der Waals surface area contributed by atoms with Crippen molar-refractivity contribution in [1.82, 2.24) is 0 Å². The van der Waals surface area contributed by atoms with E-state index in [1.165, 1.54) is 11.8 Å². The smallest absolute Gasteiger partial charge is 0.168 e. The number of rotatable bonds is 7. The van der Waals surface area contributed by atoms with Crippen molar-refractivity contribution in [3.63, 3.8) is 0 Å². The Hall–Kier alpha value is -0.590. The fourth-order valence-corrected chi connectivity index (χ4v) is 3.32. The fraction of sp³-hybridized carbons (Fsp3) is 0.625. The number of hydrogen-bond acceptors (Lipinski definition) is 5. The van der Waals surface area contributed by atoms with Gasteiger partial charge in [0.15, 0.2) is 5.79 Å². The summed E-state index contributed by atoms with van der Waals surface area (Å²) in [5.74, 6) is -0.172. The monoisotopic (exact) mass is 312 g/mol. The molecule has 118 valence electrons. The molecule has 0 bridgehead atoms. The summed E-state index contributed by atoms with van der Waals surface area (Å²) in [4.78, 5) is 1.07. The Kier molecular flexibility index (Phi) is 6.08. The summed E-state index contributed by atoms with van der Waals surface area (Å²) in [5.41, 5.74) is 0. The molecule has 3 atom stereocenters. The zero-order valence-corrected chi connectivity index (χ0v) is 13.4. The van der Waals surface area contributed by atoms with Gasteiger partial charge in [0.25, 0.3) is 0 Å². The molecule has 1 aliphatic heterocycles. The summed E-state index contributed by atoms with van der Waals surface area (Å²) in [6, 6.07) is 9.83. The van der Waals surface area contributed by atoms with Crippen LogP contribution in [-0.4, -0.2) is 46.7 Å². The van der Waals surface area contributed by atoms with Crippen molar-refractivity contribution in [2.75, 3.05) is 12.4 Å². The molecule has 0 radical (unpaired) electrons.